The van der Waals surface area contributed by atoms with Gasteiger partial charge in [-0.15, -0.1) is 5.92 Å². The highest BCUT2D eigenvalue weighted by atomic mass is 14.9. The number of rotatable bonds is 0. The Kier molecular flexibility index (Phi) is 2.79. The van der Waals surface area contributed by atoms with Gasteiger partial charge in [0, 0.05) is 56.2 Å². The zero-order chi connectivity index (χ0) is 17.1. The Morgan fingerprint density at radius 1 is 0.800 bits per heavy atom. The summed E-state index contributed by atoms with van der Waals surface area (Å²) in [6.07, 6.45) is 0. The summed E-state index contributed by atoms with van der Waals surface area (Å²) in [5.41, 5.74) is 7.22. The van der Waals surface area contributed by atoms with Gasteiger partial charge in [-0.3, -0.25) is 0 Å². The van der Waals surface area contributed by atoms with Gasteiger partial charge in [0.25, 0.3) is 0 Å². The normalized spacial score (nSPS) is 11.5. The van der Waals surface area contributed by atoms with E-state index in [1.807, 2.05) is 6.92 Å². The van der Waals surface area contributed by atoms with Crippen molar-refractivity contribution < 1.29 is 0 Å². The van der Waals surface area contributed by atoms with Crippen molar-refractivity contribution in [3.63, 3.8) is 0 Å². The summed E-state index contributed by atoms with van der Waals surface area (Å²) in [6.45, 7) is 4.01. The maximum Gasteiger partial charge on any atom is 0.0496 e. The minimum absolute atomic E-state index is 1.05. The highest BCUT2D eigenvalue weighted by Gasteiger charge is 2.12. The zero-order valence-electron chi connectivity index (χ0n) is 14.6. The standard InChI is InChI=1S/C23H18N2/c1-4-5-15-7-9-16-18-13-23-19(12-21(18)24-20(16)11-15)17-8-6-14(2)10-22(17)25(23)3/h6-13,24H,1-3H3. The Morgan fingerprint density at radius 3 is 2.40 bits per heavy atom. The molecule has 5 rings (SSSR count). The van der Waals surface area contributed by atoms with Crippen LogP contribution < -0.4 is 0 Å². The lowest BCUT2D eigenvalue weighted by molar-refractivity contribution is 1.01. The molecule has 2 heterocycles. The van der Waals surface area contributed by atoms with Crippen LogP contribution in [0.15, 0.2) is 48.5 Å². The van der Waals surface area contributed by atoms with E-state index >= 15 is 0 Å². The first-order chi connectivity index (χ1) is 12.2. The Morgan fingerprint density at radius 2 is 1.56 bits per heavy atom. The van der Waals surface area contributed by atoms with E-state index in [-0.39, 0.29) is 0 Å². The highest BCUT2D eigenvalue weighted by Crippen LogP contribution is 2.35. The Bertz CT molecular complexity index is 1370. The molecule has 0 unspecified atom stereocenters. The maximum atomic E-state index is 3.58. The molecule has 0 amide bonds. The van der Waals surface area contributed by atoms with Crippen molar-refractivity contribution in [1.29, 1.82) is 0 Å². The van der Waals surface area contributed by atoms with Gasteiger partial charge in [-0.25, -0.2) is 0 Å². The Hall–Kier alpha value is -3.18. The van der Waals surface area contributed by atoms with Crippen molar-refractivity contribution in [2.45, 2.75) is 13.8 Å². The van der Waals surface area contributed by atoms with Crippen molar-refractivity contribution >= 4 is 43.6 Å². The molecule has 120 valence electrons. The molecule has 5 aromatic rings. The van der Waals surface area contributed by atoms with Gasteiger partial charge < -0.3 is 9.55 Å². The van der Waals surface area contributed by atoms with E-state index in [4.69, 9.17) is 0 Å². The first-order valence-electron chi connectivity index (χ1n) is 8.53. The molecule has 0 aliphatic carbocycles. The summed E-state index contributed by atoms with van der Waals surface area (Å²) in [5.74, 6) is 6.11. The van der Waals surface area contributed by atoms with E-state index in [0.717, 1.165) is 11.1 Å². The molecule has 0 saturated heterocycles. The average Bonchev–Trinajstić information content (AvgIpc) is 3.09. The maximum absolute atomic E-state index is 3.58. The first-order valence-corrected chi connectivity index (χ1v) is 8.53. The molecule has 2 nitrogen and oxygen atoms in total. The van der Waals surface area contributed by atoms with E-state index in [1.165, 1.54) is 43.7 Å². The quantitative estimate of drug-likeness (QED) is 0.356. The molecule has 0 spiro atoms. The number of aryl methyl sites for hydroxylation is 2. The number of hydrogen-bond donors (Lipinski definition) is 1. The average molecular weight is 322 g/mol. The number of aromatic nitrogens is 2. The summed E-state index contributed by atoms with van der Waals surface area (Å²) < 4.78 is 2.30. The Labute approximate surface area is 146 Å². The molecule has 0 aliphatic heterocycles. The third-order valence-corrected chi connectivity index (χ3v) is 5.15. The molecule has 1 N–H and O–H groups in total. The smallest absolute Gasteiger partial charge is 0.0496 e. The van der Waals surface area contributed by atoms with Crippen LogP contribution >= 0.6 is 0 Å². The fraction of sp³-hybridized carbons (Fsp3) is 0.130. The van der Waals surface area contributed by atoms with Crippen molar-refractivity contribution in [3.05, 3.63) is 59.7 Å². The van der Waals surface area contributed by atoms with Crippen molar-refractivity contribution in [3.8, 4) is 11.8 Å². The number of aromatic amines is 1. The topological polar surface area (TPSA) is 20.7 Å². The van der Waals surface area contributed by atoms with Crippen LogP contribution in [0.1, 0.15) is 18.1 Å². The lowest BCUT2D eigenvalue weighted by Gasteiger charge is -1.99. The van der Waals surface area contributed by atoms with Crippen LogP contribution in [0.2, 0.25) is 0 Å². The molecule has 0 fully saturated rings. The van der Waals surface area contributed by atoms with Crippen LogP contribution in [-0.4, -0.2) is 9.55 Å². The molecule has 25 heavy (non-hydrogen) atoms. The van der Waals surface area contributed by atoms with Gasteiger partial charge in [-0.2, -0.15) is 0 Å². The van der Waals surface area contributed by atoms with Gasteiger partial charge in [-0.1, -0.05) is 24.1 Å². The SMILES string of the molecule is CC#Cc1ccc2c(c1)[nH]c1cc3c4ccc(C)cc4n(C)c3cc12. The van der Waals surface area contributed by atoms with E-state index in [0.29, 0.717) is 0 Å². The predicted octanol–water partition coefficient (Wildman–Crippen LogP) is 5.65. The largest absolute Gasteiger partial charge is 0.354 e. The Balaban J connectivity index is 1.92. The molecule has 0 atom stereocenters. The monoisotopic (exact) mass is 322 g/mol. The van der Waals surface area contributed by atoms with Gasteiger partial charge >= 0.3 is 0 Å². The molecule has 0 saturated carbocycles. The van der Waals surface area contributed by atoms with Gasteiger partial charge in [-0.05, 0) is 49.7 Å². The lowest BCUT2D eigenvalue weighted by atomic mass is 10.1. The second kappa shape index (κ2) is 4.91. The zero-order valence-corrected chi connectivity index (χ0v) is 14.6. The van der Waals surface area contributed by atoms with E-state index in [2.05, 4.69) is 83.9 Å². The predicted molar refractivity (Wildman–Crippen MR) is 107 cm³/mol. The van der Waals surface area contributed by atoms with Gasteiger partial charge in [0.15, 0.2) is 0 Å². The third-order valence-electron chi connectivity index (χ3n) is 5.15. The third kappa shape index (κ3) is 1.93. The molecular formula is C23H18N2. The molecule has 0 aliphatic rings. The van der Waals surface area contributed by atoms with Crippen LogP contribution in [0, 0.1) is 18.8 Å². The molecule has 0 radical (unpaired) electrons. The number of nitrogens with zero attached hydrogens (tertiary/aromatic N) is 1. The summed E-state index contributed by atoms with van der Waals surface area (Å²) in [5, 5.41) is 5.12. The van der Waals surface area contributed by atoms with Gasteiger partial charge in [0.2, 0.25) is 0 Å². The summed E-state index contributed by atoms with van der Waals surface area (Å²) in [6, 6.07) is 17.7. The number of hydrogen-bond acceptors (Lipinski definition) is 0. The van der Waals surface area contributed by atoms with Crippen LogP contribution in [0.3, 0.4) is 0 Å². The summed E-state index contributed by atoms with van der Waals surface area (Å²) >= 11 is 0. The van der Waals surface area contributed by atoms with Crippen molar-refractivity contribution in [2.75, 3.05) is 0 Å². The van der Waals surface area contributed by atoms with E-state index in [1.54, 1.807) is 0 Å². The second-order valence-electron chi connectivity index (χ2n) is 6.75. The molecular weight excluding hydrogens is 304 g/mol. The highest BCUT2D eigenvalue weighted by molar-refractivity contribution is 6.17. The van der Waals surface area contributed by atoms with Crippen molar-refractivity contribution in [1.82, 2.24) is 9.55 Å². The second-order valence-corrected chi connectivity index (χ2v) is 6.75. The molecule has 0 bridgehead atoms. The van der Waals surface area contributed by atoms with Crippen LogP contribution in [0.4, 0.5) is 0 Å². The number of benzene rings is 3. The summed E-state index contributed by atoms with van der Waals surface area (Å²) in [4.78, 5) is 3.58. The molecule has 2 heteroatoms. The molecule has 2 aromatic heterocycles. The fourth-order valence-corrected chi connectivity index (χ4v) is 3.93. The lowest BCUT2D eigenvalue weighted by Crippen LogP contribution is -1.86. The summed E-state index contributed by atoms with van der Waals surface area (Å²) in [7, 11) is 2.15. The van der Waals surface area contributed by atoms with E-state index < -0.39 is 0 Å². The van der Waals surface area contributed by atoms with Crippen molar-refractivity contribution in [2.24, 2.45) is 7.05 Å². The first kappa shape index (κ1) is 14.2. The molecule has 3 aromatic carbocycles. The van der Waals surface area contributed by atoms with Crippen LogP contribution in [0.5, 0.6) is 0 Å². The van der Waals surface area contributed by atoms with E-state index in [9.17, 15) is 0 Å². The van der Waals surface area contributed by atoms with Gasteiger partial charge in [0.1, 0.15) is 0 Å². The number of nitrogens with one attached hydrogen (secondary N) is 1. The fourth-order valence-electron chi connectivity index (χ4n) is 3.93. The van der Waals surface area contributed by atoms with Crippen LogP contribution in [0.25, 0.3) is 43.6 Å². The minimum Gasteiger partial charge on any atom is -0.354 e. The van der Waals surface area contributed by atoms with Gasteiger partial charge in [0.05, 0.1) is 0 Å². The number of fused-ring (bicyclic) bond motifs is 6. The van der Waals surface area contributed by atoms with Crippen LogP contribution in [-0.2, 0) is 7.05 Å². The number of H-pyrrole nitrogens is 1. The minimum atomic E-state index is 1.05.